The monoisotopic (exact) mass is 367 g/mol. The zero-order valence-corrected chi connectivity index (χ0v) is 16.0. The topological polar surface area (TPSA) is 72.7 Å². The van der Waals surface area contributed by atoms with Crippen LogP contribution in [0.4, 0.5) is 5.69 Å². The second-order valence-electron chi connectivity index (χ2n) is 6.16. The molecule has 0 saturated heterocycles. The van der Waals surface area contributed by atoms with Crippen LogP contribution in [0.2, 0.25) is 0 Å². The molecule has 0 aliphatic rings. The summed E-state index contributed by atoms with van der Waals surface area (Å²) in [4.78, 5) is 12.5. The Morgan fingerprint density at radius 1 is 1.08 bits per heavy atom. The molecule has 2 aromatic carbocycles. The number of nitrogens with one attached hydrogen (secondary N) is 1. The maximum atomic E-state index is 12.5. The first-order valence-electron chi connectivity index (χ1n) is 8.35. The molecular formula is C19H21N5OS. The van der Waals surface area contributed by atoms with E-state index in [1.807, 2.05) is 70.2 Å². The SMILES string of the molecule is Cc1ccccc1NC(=O)C(C)Sc1nnnn1-c1cccc(C)c1C. The number of para-hydroxylation sites is 1. The standard InChI is InChI=1S/C19H21N5OS/c1-12-9-7-11-17(14(12)3)24-19(21-22-23-24)26-15(4)18(25)20-16-10-6-5-8-13(16)2/h5-11,15H,1-4H3,(H,20,25). The quantitative estimate of drug-likeness (QED) is 0.696. The van der Waals surface area contributed by atoms with E-state index >= 15 is 0 Å². The number of nitrogens with zero attached hydrogens (tertiary/aromatic N) is 4. The number of anilines is 1. The summed E-state index contributed by atoms with van der Waals surface area (Å²) in [6, 6.07) is 13.7. The van der Waals surface area contributed by atoms with Crippen LogP contribution in [-0.4, -0.2) is 31.4 Å². The van der Waals surface area contributed by atoms with Gasteiger partial charge >= 0.3 is 0 Å². The van der Waals surface area contributed by atoms with Crippen LogP contribution in [0.1, 0.15) is 23.6 Å². The molecule has 0 saturated carbocycles. The molecule has 0 aliphatic heterocycles. The van der Waals surface area contributed by atoms with Crippen molar-refractivity contribution in [2.75, 3.05) is 5.32 Å². The molecule has 1 atom stereocenters. The molecule has 3 aromatic rings. The molecule has 0 radical (unpaired) electrons. The van der Waals surface area contributed by atoms with Gasteiger partial charge in [0, 0.05) is 5.69 Å². The summed E-state index contributed by atoms with van der Waals surface area (Å²) in [6.07, 6.45) is 0. The summed E-state index contributed by atoms with van der Waals surface area (Å²) >= 11 is 1.33. The zero-order chi connectivity index (χ0) is 18.7. The summed E-state index contributed by atoms with van der Waals surface area (Å²) in [6.45, 7) is 7.90. The van der Waals surface area contributed by atoms with E-state index < -0.39 is 0 Å². The molecule has 26 heavy (non-hydrogen) atoms. The second kappa shape index (κ2) is 7.70. The van der Waals surface area contributed by atoms with Crippen LogP contribution >= 0.6 is 11.8 Å². The van der Waals surface area contributed by atoms with Crippen molar-refractivity contribution in [1.82, 2.24) is 20.2 Å². The minimum Gasteiger partial charge on any atom is -0.325 e. The third-order valence-corrected chi connectivity index (χ3v) is 5.33. The van der Waals surface area contributed by atoms with Crippen LogP contribution in [0.3, 0.4) is 0 Å². The van der Waals surface area contributed by atoms with Crippen LogP contribution in [0.25, 0.3) is 5.69 Å². The summed E-state index contributed by atoms with van der Waals surface area (Å²) in [5.41, 5.74) is 5.04. The Hall–Kier alpha value is -2.67. The molecule has 134 valence electrons. The lowest BCUT2D eigenvalue weighted by Gasteiger charge is -2.14. The van der Waals surface area contributed by atoms with Gasteiger partial charge in [-0.25, -0.2) is 0 Å². The number of tetrazole rings is 1. The molecule has 6 nitrogen and oxygen atoms in total. The van der Waals surface area contributed by atoms with Gasteiger partial charge in [0.05, 0.1) is 10.9 Å². The molecule has 1 aromatic heterocycles. The van der Waals surface area contributed by atoms with Crippen LogP contribution in [0.15, 0.2) is 47.6 Å². The number of hydrogen-bond donors (Lipinski definition) is 1. The van der Waals surface area contributed by atoms with E-state index in [0.717, 1.165) is 22.5 Å². The Balaban J connectivity index is 1.78. The van der Waals surface area contributed by atoms with Gasteiger partial charge in [0.15, 0.2) is 0 Å². The molecular weight excluding hydrogens is 346 g/mol. The van der Waals surface area contributed by atoms with E-state index in [1.165, 1.54) is 17.3 Å². The van der Waals surface area contributed by atoms with Gasteiger partial charge in [-0.3, -0.25) is 4.79 Å². The van der Waals surface area contributed by atoms with Crippen molar-refractivity contribution in [3.63, 3.8) is 0 Å². The predicted molar refractivity (Wildman–Crippen MR) is 104 cm³/mol. The summed E-state index contributed by atoms with van der Waals surface area (Å²) < 4.78 is 1.69. The van der Waals surface area contributed by atoms with Gasteiger partial charge in [0.1, 0.15) is 0 Å². The minimum absolute atomic E-state index is 0.0835. The molecule has 1 unspecified atom stereocenters. The van der Waals surface area contributed by atoms with E-state index in [-0.39, 0.29) is 11.2 Å². The Kier molecular flexibility index (Phi) is 5.37. The average molecular weight is 367 g/mol. The van der Waals surface area contributed by atoms with Gasteiger partial charge in [0.25, 0.3) is 0 Å². The Morgan fingerprint density at radius 2 is 1.81 bits per heavy atom. The van der Waals surface area contributed by atoms with E-state index in [9.17, 15) is 4.79 Å². The number of hydrogen-bond acceptors (Lipinski definition) is 5. The lowest BCUT2D eigenvalue weighted by atomic mass is 10.1. The maximum Gasteiger partial charge on any atom is 0.237 e. The molecule has 7 heteroatoms. The zero-order valence-electron chi connectivity index (χ0n) is 15.2. The van der Waals surface area contributed by atoms with Gasteiger partial charge < -0.3 is 5.32 Å². The van der Waals surface area contributed by atoms with Crippen LogP contribution < -0.4 is 5.32 Å². The number of carbonyl (C=O) groups excluding carboxylic acids is 1. The van der Waals surface area contributed by atoms with Gasteiger partial charge in [-0.15, -0.1) is 5.10 Å². The summed E-state index contributed by atoms with van der Waals surface area (Å²) in [7, 11) is 0. The molecule has 0 aliphatic carbocycles. The largest absolute Gasteiger partial charge is 0.325 e. The highest BCUT2D eigenvalue weighted by Gasteiger charge is 2.20. The lowest BCUT2D eigenvalue weighted by Crippen LogP contribution is -2.23. The molecule has 0 fully saturated rings. The minimum atomic E-state index is -0.343. The van der Waals surface area contributed by atoms with Gasteiger partial charge in [0.2, 0.25) is 11.1 Å². The van der Waals surface area contributed by atoms with Crippen LogP contribution in [0.5, 0.6) is 0 Å². The number of benzene rings is 2. The van der Waals surface area contributed by atoms with Crippen molar-refractivity contribution >= 4 is 23.4 Å². The second-order valence-corrected chi connectivity index (χ2v) is 7.46. The summed E-state index contributed by atoms with van der Waals surface area (Å²) in [5, 5.41) is 15.2. The number of thioether (sulfide) groups is 1. The lowest BCUT2D eigenvalue weighted by molar-refractivity contribution is -0.115. The fraction of sp³-hybridized carbons (Fsp3) is 0.263. The van der Waals surface area contributed by atoms with Crippen molar-refractivity contribution in [3.8, 4) is 5.69 Å². The third-order valence-electron chi connectivity index (χ3n) is 4.30. The molecule has 0 spiro atoms. The number of carbonyl (C=O) groups is 1. The highest BCUT2D eigenvalue weighted by Crippen LogP contribution is 2.26. The number of amides is 1. The first kappa shape index (κ1) is 18.1. The molecule has 0 bridgehead atoms. The highest BCUT2D eigenvalue weighted by molar-refractivity contribution is 8.00. The smallest absolute Gasteiger partial charge is 0.237 e. The van der Waals surface area contributed by atoms with E-state index in [0.29, 0.717) is 5.16 Å². The fourth-order valence-corrected chi connectivity index (χ4v) is 3.33. The van der Waals surface area contributed by atoms with E-state index in [4.69, 9.17) is 0 Å². The first-order chi connectivity index (χ1) is 12.5. The molecule has 1 amide bonds. The van der Waals surface area contributed by atoms with Crippen molar-refractivity contribution in [1.29, 1.82) is 0 Å². The first-order valence-corrected chi connectivity index (χ1v) is 9.23. The predicted octanol–water partition coefficient (Wildman–Crippen LogP) is 3.71. The van der Waals surface area contributed by atoms with Gasteiger partial charge in [-0.2, -0.15) is 4.68 Å². The number of aromatic nitrogens is 4. The van der Waals surface area contributed by atoms with Crippen molar-refractivity contribution < 1.29 is 4.79 Å². The number of rotatable bonds is 5. The molecule has 1 heterocycles. The Bertz CT molecular complexity index is 937. The third kappa shape index (κ3) is 3.77. The van der Waals surface area contributed by atoms with Gasteiger partial charge in [-0.05, 0) is 66.9 Å². The fourth-order valence-electron chi connectivity index (χ4n) is 2.53. The van der Waals surface area contributed by atoms with Crippen molar-refractivity contribution in [3.05, 3.63) is 59.2 Å². The Morgan fingerprint density at radius 3 is 2.58 bits per heavy atom. The Labute approximate surface area is 157 Å². The number of aryl methyl sites for hydroxylation is 2. The van der Waals surface area contributed by atoms with Crippen LogP contribution in [0, 0.1) is 20.8 Å². The van der Waals surface area contributed by atoms with Gasteiger partial charge in [-0.1, -0.05) is 42.1 Å². The van der Waals surface area contributed by atoms with E-state index in [2.05, 4.69) is 20.8 Å². The van der Waals surface area contributed by atoms with Crippen LogP contribution in [-0.2, 0) is 4.79 Å². The molecule has 1 N–H and O–H groups in total. The highest BCUT2D eigenvalue weighted by atomic mass is 32.2. The van der Waals surface area contributed by atoms with Crippen molar-refractivity contribution in [2.24, 2.45) is 0 Å². The summed E-state index contributed by atoms with van der Waals surface area (Å²) in [5.74, 6) is -0.0835. The van der Waals surface area contributed by atoms with Crippen molar-refractivity contribution in [2.45, 2.75) is 38.1 Å². The average Bonchev–Trinajstić information content (AvgIpc) is 3.07. The maximum absolute atomic E-state index is 12.5. The van der Waals surface area contributed by atoms with E-state index in [1.54, 1.807) is 4.68 Å². The molecule has 3 rings (SSSR count). The normalized spacial score (nSPS) is 12.0.